The summed E-state index contributed by atoms with van der Waals surface area (Å²) >= 11 is 0. The van der Waals surface area contributed by atoms with Gasteiger partial charge in [0.2, 0.25) is 0 Å². The number of carbonyl (C=O) groups excluding carboxylic acids is 1. The molecule has 1 saturated heterocycles. The maximum Gasteiger partial charge on any atom is 0.407 e. The van der Waals surface area contributed by atoms with Crippen LogP contribution in [-0.4, -0.2) is 17.8 Å². The number of ether oxygens (including phenoxy) is 1. The number of hydrogen-bond donors (Lipinski definition) is 2. The summed E-state index contributed by atoms with van der Waals surface area (Å²) in [5, 5.41) is 11.8. The van der Waals surface area contributed by atoms with Crippen molar-refractivity contribution < 1.29 is 14.6 Å². The number of alkyl carbamates (subject to hydrolysis) is 1. The zero-order chi connectivity index (χ0) is 9.97. The molecule has 0 unspecified atom stereocenters. The molecule has 4 nitrogen and oxygen atoms in total. The summed E-state index contributed by atoms with van der Waals surface area (Å²) in [7, 11) is 0. The second-order valence-corrected chi connectivity index (χ2v) is 3.21. The van der Waals surface area contributed by atoms with Gasteiger partial charge in [0.15, 0.2) is 0 Å². The highest BCUT2D eigenvalue weighted by atomic mass is 16.5. The van der Waals surface area contributed by atoms with Crippen LogP contribution in [0.1, 0.15) is 18.0 Å². The lowest BCUT2D eigenvalue weighted by atomic mass is 10.0. The van der Waals surface area contributed by atoms with E-state index in [0.29, 0.717) is 6.61 Å². The van der Waals surface area contributed by atoms with E-state index in [1.54, 1.807) is 24.3 Å². The maximum atomic E-state index is 10.9. The number of amides is 1. The minimum Gasteiger partial charge on any atom is -0.508 e. The van der Waals surface area contributed by atoms with E-state index in [1.165, 1.54) is 0 Å². The van der Waals surface area contributed by atoms with Gasteiger partial charge in [-0.1, -0.05) is 12.1 Å². The van der Waals surface area contributed by atoms with Crippen molar-refractivity contribution in [2.24, 2.45) is 0 Å². The average molecular weight is 193 g/mol. The molecule has 1 heterocycles. The fraction of sp³-hybridized carbons (Fsp3) is 0.300. The van der Waals surface area contributed by atoms with E-state index < -0.39 is 0 Å². The second-order valence-electron chi connectivity index (χ2n) is 3.21. The molecule has 1 aliphatic rings. The number of benzene rings is 1. The third-order valence-corrected chi connectivity index (χ3v) is 2.23. The molecule has 1 fully saturated rings. The number of phenolic OH excluding ortho intramolecular Hbond substituents is 1. The van der Waals surface area contributed by atoms with Gasteiger partial charge in [0.25, 0.3) is 0 Å². The lowest BCUT2D eigenvalue weighted by Gasteiger charge is -2.23. The van der Waals surface area contributed by atoms with E-state index in [9.17, 15) is 4.79 Å². The van der Waals surface area contributed by atoms with Crippen molar-refractivity contribution in [1.82, 2.24) is 5.32 Å². The van der Waals surface area contributed by atoms with E-state index in [0.717, 1.165) is 12.0 Å². The van der Waals surface area contributed by atoms with Crippen molar-refractivity contribution in [3.63, 3.8) is 0 Å². The molecular formula is C10H11NO3. The summed E-state index contributed by atoms with van der Waals surface area (Å²) in [6.45, 7) is 0.442. The highest BCUT2D eigenvalue weighted by Crippen LogP contribution is 2.21. The number of aromatic hydroxyl groups is 1. The van der Waals surface area contributed by atoms with Crippen molar-refractivity contribution in [3.05, 3.63) is 29.8 Å². The largest absolute Gasteiger partial charge is 0.508 e. The zero-order valence-corrected chi connectivity index (χ0v) is 7.56. The molecule has 4 heteroatoms. The van der Waals surface area contributed by atoms with Gasteiger partial charge in [0.1, 0.15) is 5.75 Å². The molecule has 1 aliphatic heterocycles. The molecule has 0 aliphatic carbocycles. The molecule has 1 aromatic rings. The monoisotopic (exact) mass is 193 g/mol. The van der Waals surface area contributed by atoms with Crippen LogP contribution in [0.5, 0.6) is 5.75 Å². The Morgan fingerprint density at radius 2 is 2.07 bits per heavy atom. The van der Waals surface area contributed by atoms with Gasteiger partial charge >= 0.3 is 6.09 Å². The fourth-order valence-corrected chi connectivity index (χ4v) is 1.48. The van der Waals surface area contributed by atoms with Gasteiger partial charge in [-0.05, 0) is 17.7 Å². The van der Waals surface area contributed by atoms with Crippen LogP contribution in [0.4, 0.5) is 4.79 Å². The van der Waals surface area contributed by atoms with Crippen LogP contribution in [0, 0.1) is 0 Å². The van der Waals surface area contributed by atoms with Crippen molar-refractivity contribution >= 4 is 6.09 Å². The van der Waals surface area contributed by atoms with Crippen LogP contribution in [0.3, 0.4) is 0 Å². The van der Waals surface area contributed by atoms with E-state index in [1.807, 2.05) is 0 Å². The molecule has 2 rings (SSSR count). The first kappa shape index (κ1) is 8.87. The lowest BCUT2D eigenvalue weighted by Crippen LogP contribution is -2.35. The Morgan fingerprint density at radius 3 is 2.71 bits per heavy atom. The first-order chi connectivity index (χ1) is 6.75. The molecular weight excluding hydrogens is 182 g/mol. The van der Waals surface area contributed by atoms with Gasteiger partial charge in [-0.2, -0.15) is 0 Å². The number of hydrogen-bond acceptors (Lipinski definition) is 3. The fourth-order valence-electron chi connectivity index (χ4n) is 1.48. The van der Waals surface area contributed by atoms with Crippen molar-refractivity contribution in [2.45, 2.75) is 12.5 Å². The molecule has 0 spiro atoms. The van der Waals surface area contributed by atoms with E-state index in [2.05, 4.69) is 5.32 Å². The van der Waals surface area contributed by atoms with Gasteiger partial charge in [-0.3, -0.25) is 0 Å². The molecule has 14 heavy (non-hydrogen) atoms. The Hall–Kier alpha value is -1.71. The molecule has 1 atom stereocenters. The zero-order valence-electron chi connectivity index (χ0n) is 7.56. The van der Waals surface area contributed by atoms with Crippen LogP contribution in [0.25, 0.3) is 0 Å². The quantitative estimate of drug-likeness (QED) is 0.711. The highest BCUT2D eigenvalue weighted by Gasteiger charge is 2.20. The minimum absolute atomic E-state index is 0.00292. The topological polar surface area (TPSA) is 58.6 Å². The van der Waals surface area contributed by atoms with Gasteiger partial charge in [-0.25, -0.2) is 4.79 Å². The predicted molar refractivity (Wildman–Crippen MR) is 49.9 cm³/mol. The second kappa shape index (κ2) is 3.57. The third kappa shape index (κ3) is 1.79. The molecule has 74 valence electrons. The molecule has 0 bridgehead atoms. The van der Waals surface area contributed by atoms with Crippen LogP contribution in [-0.2, 0) is 4.74 Å². The molecule has 0 aromatic heterocycles. The van der Waals surface area contributed by atoms with E-state index >= 15 is 0 Å². The lowest BCUT2D eigenvalue weighted by molar-refractivity contribution is 0.115. The van der Waals surface area contributed by atoms with Gasteiger partial charge in [0, 0.05) is 6.42 Å². The summed E-state index contributed by atoms with van der Waals surface area (Å²) in [6.07, 6.45) is 0.380. The third-order valence-electron chi connectivity index (χ3n) is 2.23. The Labute approximate surface area is 81.5 Å². The number of phenols is 1. The SMILES string of the molecule is O=C1N[C@@H](c2ccc(O)cc2)CCO1. The number of rotatable bonds is 1. The summed E-state index contributed by atoms with van der Waals surface area (Å²) in [4.78, 5) is 10.9. The summed E-state index contributed by atoms with van der Waals surface area (Å²) in [5.41, 5.74) is 0.986. The van der Waals surface area contributed by atoms with Crippen LogP contribution >= 0.6 is 0 Å². The first-order valence-electron chi connectivity index (χ1n) is 4.48. The number of nitrogens with one attached hydrogen (secondary N) is 1. The highest BCUT2D eigenvalue weighted by molar-refractivity contribution is 5.68. The van der Waals surface area contributed by atoms with E-state index in [-0.39, 0.29) is 17.9 Å². The first-order valence-corrected chi connectivity index (χ1v) is 4.48. The predicted octanol–water partition coefficient (Wildman–Crippen LogP) is 1.56. The Kier molecular flexibility index (Phi) is 2.26. The van der Waals surface area contributed by atoms with Gasteiger partial charge in [-0.15, -0.1) is 0 Å². The summed E-state index contributed by atoms with van der Waals surface area (Å²) in [5.74, 6) is 0.229. The van der Waals surface area contributed by atoms with Gasteiger partial charge < -0.3 is 15.2 Å². The Bertz CT molecular complexity index is 334. The van der Waals surface area contributed by atoms with E-state index in [4.69, 9.17) is 9.84 Å². The Balaban J connectivity index is 2.14. The standard InChI is InChI=1S/C10H11NO3/c12-8-3-1-7(2-4-8)9-5-6-14-10(13)11-9/h1-4,9,12H,5-6H2,(H,11,13)/t9-/m1/s1. The number of carbonyl (C=O) groups is 1. The minimum atomic E-state index is -0.380. The van der Waals surface area contributed by atoms with Crippen LogP contribution in [0.15, 0.2) is 24.3 Å². The number of cyclic esters (lactones) is 1. The normalized spacial score (nSPS) is 21.1. The molecule has 1 aromatic carbocycles. The molecule has 1 amide bonds. The molecule has 0 saturated carbocycles. The summed E-state index contributed by atoms with van der Waals surface area (Å²) < 4.78 is 4.75. The molecule has 0 radical (unpaired) electrons. The molecule has 2 N–H and O–H groups in total. The summed E-state index contributed by atoms with van der Waals surface area (Å²) in [6, 6.07) is 6.81. The Morgan fingerprint density at radius 1 is 1.36 bits per heavy atom. The smallest absolute Gasteiger partial charge is 0.407 e. The van der Waals surface area contributed by atoms with Crippen molar-refractivity contribution in [2.75, 3.05) is 6.61 Å². The maximum absolute atomic E-state index is 10.9. The average Bonchev–Trinajstić information content (AvgIpc) is 2.19. The van der Waals surface area contributed by atoms with Crippen molar-refractivity contribution in [1.29, 1.82) is 0 Å². The van der Waals surface area contributed by atoms with Crippen LogP contribution < -0.4 is 5.32 Å². The van der Waals surface area contributed by atoms with Crippen LogP contribution in [0.2, 0.25) is 0 Å². The van der Waals surface area contributed by atoms with Gasteiger partial charge in [0.05, 0.1) is 12.6 Å². The van der Waals surface area contributed by atoms with Crippen molar-refractivity contribution in [3.8, 4) is 5.75 Å².